The minimum Gasteiger partial charge on any atom is -0.478 e. The fraction of sp³-hybridized carbons (Fsp3) is 0.143. The van der Waals surface area contributed by atoms with Crippen LogP contribution in [0, 0.1) is 0 Å². The van der Waals surface area contributed by atoms with Gasteiger partial charge in [-0.1, -0.05) is 54.6 Å². The molecule has 0 fully saturated rings. The Morgan fingerprint density at radius 1 is 0.971 bits per heavy atom. The number of para-hydroxylation sites is 1. The second-order valence-corrected chi connectivity index (χ2v) is 8.55. The van der Waals surface area contributed by atoms with Crippen LogP contribution in [0.3, 0.4) is 0 Å². The molecule has 0 aliphatic carbocycles. The van der Waals surface area contributed by atoms with Gasteiger partial charge in [0.25, 0.3) is 0 Å². The van der Waals surface area contributed by atoms with Crippen molar-refractivity contribution in [1.29, 1.82) is 0 Å². The van der Waals surface area contributed by atoms with Crippen LogP contribution in [0.4, 0.5) is 0 Å². The third-order valence-corrected chi connectivity index (χ3v) is 6.27. The zero-order valence-corrected chi connectivity index (χ0v) is 18.4. The molecule has 168 valence electrons. The van der Waals surface area contributed by atoms with Crippen LogP contribution in [0.5, 0.6) is 11.5 Å². The van der Waals surface area contributed by atoms with E-state index < -0.39 is 5.97 Å². The largest absolute Gasteiger partial charge is 0.478 e. The number of hydrogen-bond donors (Lipinski definition) is 1. The number of nitrogens with zero attached hydrogens (tertiary/aromatic N) is 2. The van der Waals surface area contributed by atoms with Crippen LogP contribution in [0.1, 0.15) is 32.7 Å². The molecule has 2 aliphatic rings. The first-order valence-electron chi connectivity index (χ1n) is 11.2. The van der Waals surface area contributed by atoms with E-state index in [0.717, 1.165) is 28.1 Å². The lowest BCUT2D eigenvalue weighted by molar-refractivity contribution is 0.0696. The lowest BCUT2D eigenvalue weighted by Gasteiger charge is -2.31. The van der Waals surface area contributed by atoms with E-state index in [1.54, 1.807) is 0 Å². The molecule has 4 aromatic rings. The van der Waals surface area contributed by atoms with Gasteiger partial charge in [0.05, 0.1) is 16.8 Å². The average Bonchev–Trinajstić information content (AvgIpc) is 3.31. The quantitative estimate of drug-likeness (QED) is 0.460. The summed E-state index contributed by atoms with van der Waals surface area (Å²) in [4.78, 5) is 19.6. The molecule has 0 saturated carbocycles. The van der Waals surface area contributed by atoms with Crippen molar-refractivity contribution in [3.63, 3.8) is 0 Å². The zero-order valence-electron chi connectivity index (χ0n) is 18.4. The summed E-state index contributed by atoms with van der Waals surface area (Å²) in [6, 6.07) is 23.5. The van der Waals surface area contributed by atoms with E-state index in [2.05, 4.69) is 23.1 Å². The number of ether oxygens (including phenoxy) is 2. The predicted molar refractivity (Wildman–Crippen MR) is 130 cm³/mol. The van der Waals surface area contributed by atoms with Gasteiger partial charge in [-0.3, -0.25) is 4.90 Å². The Labute approximate surface area is 196 Å². The third kappa shape index (κ3) is 3.68. The molecule has 3 heterocycles. The SMILES string of the molecule is O=C(O)c1c2c(nc3ccccc13)C(=Cc1ccc3c(c1)OCO3)CN(Cc1ccccc1)C2. The van der Waals surface area contributed by atoms with Crippen molar-refractivity contribution in [3.8, 4) is 11.5 Å². The first-order chi connectivity index (χ1) is 16.7. The van der Waals surface area contributed by atoms with E-state index in [9.17, 15) is 9.90 Å². The van der Waals surface area contributed by atoms with Crippen LogP contribution in [0.2, 0.25) is 0 Å². The molecule has 1 N–H and O–H groups in total. The highest BCUT2D eigenvalue weighted by atomic mass is 16.7. The third-order valence-electron chi connectivity index (χ3n) is 6.27. The summed E-state index contributed by atoms with van der Waals surface area (Å²) in [5.74, 6) is 0.511. The van der Waals surface area contributed by atoms with Crippen LogP contribution in [0.25, 0.3) is 22.6 Å². The van der Waals surface area contributed by atoms with Crippen molar-refractivity contribution in [1.82, 2.24) is 9.88 Å². The van der Waals surface area contributed by atoms with Crippen molar-refractivity contribution in [2.45, 2.75) is 13.1 Å². The van der Waals surface area contributed by atoms with Crippen molar-refractivity contribution in [2.75, 3.05) is 13.3 Å². The van der Waals surface area contributed by atoms with Crippen LogP contribution in [0.15, 0.2) is 72.8 Å². The molecule has 0 radical (unpaired) electrons. The van der Waals surface area contributed by atoms with Crippen molar-refractivity contribution < 1.29 is 19.4 Å². The minimum absolute atomic E-state index is 0.221. The number of carboxylic acid groups (broad SMARTS) is 1. The van der Waals surface area contributed by atoms with Gasteiger partial charge in [-0.2, -0.15) is 0 Å². The van der Waals surface area contributed by atoms with Gasteiger partial charge in [-0.25, -0.2) is 9.78 Å². The molecule has 6 heteroatoms. The van der Waals surface area contributed by atoms with Crippen molar-refractivity contribution in [3.05, 3.63) is 101 Å². The maximum Gasteiger partial charge on any atom is 0.336 e. The zero-order chi connectivity index (χ0) is 23.1. The summed E-state index contributed by atoms with van der Waals surface area (Å²) in [6.07, 6.45) is 2.07. The number of aromatic carboxylic acids is 1. The molecule has 6 rings (SSSR count). The standard InChI is InChI=1S/C28H22N2O4/c31-28(32)26-21-8-4-5-9-23(21)29-27-20(12-19-10-11-24-25(13-19)34-17-33-24)15-30(16-22(26)27)14-18-6-2-1-3-7-18/h1-13H,14-17H2,(H,31,32). The molecular weight excluding hydrogens is 428 g/mol. The number of fused-ring (bicyclic) bond motifs is 3. The maximum atomic E-state index is 12.4. The number of rotatable bonds is 4. The number of benzene rings is 3. The van der Waals surface area contributed by atoms with Crippen LogP contribution < -0.4 is 9.47 Å². The van der Waals surface area contributed by atoms with Gasteiger partial charge in [-0.05, 0) is 41.0 Å². The molecule has 34 heavy (non-hydrogen) atoms. The molecular formula is C28H22N2O4. The summed E-state index contributed by atoms with van der Waals surface area (Å²) >= 11 is 0. The van der Waals surface area contributed by atoms with E-state index >= 15 is 0 Å². The molecule has 0 spiro atoms. The van der Waals surface area contributed by atoms with Crippen molar-refractivity contribution in [2.24, 2.45) is 0 Å². The molecule has 0 saturated heterocycles. The number of carbonyl (C=O) groups is 1. The lowest BCUT2D eigenvalue weighted by atomic mass is 9.91. The summed E-state index contributed by atoms with van der Waals surface area (Å²) < 4.78 is 11.0. The smallest absolute Gasteiger partial charge is 0.336 e. The van der Waals surface area contributed by atoms with Crippen LogP contribution >= 0.6 is 0 Å². The van der Waals surface area contributed by atoms with E-state index in [1.807, 2.05) is 60.7 Å². The Balaban J connectivity index is 1.51. The molecule has 1 aromatic heterocycles. The molecule has 2 aliphatic heterocycles. The lowest BCUT2D eigenvalue weighted by Crippen LogP contribution is -2.31. The fourth-order valence-corrected chi connectivity index (χ4v) is 4.78. The first-order valence-corrected chi connectivity index (χ1v) is 11.2. The van der Waals surface area contributed by atoms with Gasteiger partial charge in [0.2, 0.25) is 6.79 Å². The average molecular weight is 450 g/mol. The van der Waals surface area contributed by atoms with Gasteiger partial charge >= 0.3 is 5.97 Å². The first kappa shape index (κ1) is 20.4. The Hall–Kier alpha value is -4.16. The molecule has 3 aromatic carbocycles. The molecule has 6 nitrogen and oxygen atoms in total. The summed E-state index contributed by atoms with van der Waals surface area (Å²) in [5, 5.41) is 10.9. The highest BCUT2D eigenvalue weighted by molar-refractivity contribution is 6.06. The number of hydrogen-bond acceptors (Lipinski definition) is 5. The highest BCUT2D eigenvalue weighted by Crippen LogP contribution is 2.37. The fourth-order valence-electron chi connectivity index (χ4n) is 4.78. The summed E-state index contributed by atoms with van der Waals surface area (Å²) in [5.41, 5.74) is 5.63. The number of aromatic nitrogens is 1. The van der Waals surface area contributed by atoms with Crippen LogP contribution in [-0.2, 0) is 13.1 Å². The van der Waals surface area contributed by atoms with Gasteiger partial charge < -0.3 is 14.6 Å². The second-order valence-electron chi connectivity index (χ2n) is 8.55. The van der Waals surface area contributed by atoms with Crippen LogP contribution in [-0.4, -0.2) is 34.3 Å². The molecule has 0 bridgehead atoms. The Bertz CT molecular complexity index is 1450. The normalized spacial score (nSPS) is 16.1. The molecule has 0 atom stereocenters. The summed E-state index contributed by atoms with van der Waals surface area (Å²) in [6.45, 7) is 2.10. The second kappa shape index (κ2) is 8.32. The van der Waals surface area contributed by atoms with Gasteiger partial charge in [-0.15, -0.1) is 0 Å². The van der Waals surface area contributed by atoms with Crippen molar-refractivity contribution >= 4 is 28.5 Å². The van der Waals surface area contributed by atoms with E-state index in [1.165, 1.54) is 5.56 Å². The predicted octanol–water partition coefficient (Wildman–Crippen LogP) is 5.22. The van der Waals surface area contributed by atoms with Gasteiger partial charge in [0.1, 0.15) is 0 Å². The minimum atomic E-state index is -0.932. The highest BCUT2D eigenvalue weighted by Gasteiger charge is 2.28. The monoisotopic (exact) mass is 450 g/mol. The maximum absolute atomic E-state index is 12.4. The van der Waals surface area contributed by atoms with E-state index in [-0.39, 0.29) is 6.79 Å². The molecule has 0 unspecified atom stereocenters. The molecule has 0 amide bonds. The number of carboxylic acids is 1. The van der Waals surface area contributed by atoms with Gasteiger partial charge in [0, 0.05) is 30.6 Å². The van der Waals surface area contributed by atoms with E-state index in [4.69, 9.17) is 14.5 Å². The Morgan fingerprint density at radius 3 is 2.62 bits per heavy atom. The topological polar surface area (TPSA) is 71.9 Å². The van der Waals surface area contributed by atoms with E-state index in [0.29, 0.717) is 41.9 Å². The Kier molecular flexibility index (Phi) is 5.00. The van der Waals surface area contributed by atoms with Gasteiger partial charge in [0.15, 0.2) is 11.5 Å². The Morgan fingerprint density at radius 2 is 1.76 bits per heavy atom. The summed E-state index contributed by atoms with van der Waals surface area (Å²) in [7, 11) is 0. The number of pyridine rings is 1.